The van der Waals surface area contributed by atoms with Gasteiger partial charge in [-0.15, -0.1) is 0 Å². The summed E-state index contributed by atoms with van der Waals surface area (Å²) in [5, 5.41) is 14.3. The quantitative estimate of drug-likeness (QED) is 0.744. The molecule has 0 amide bonds. The number of rotatable bonds is 8. The molecule has 0 aliphatic heterocycles. The maximum absolute atomic E-state index is 10.1. The highest BCUT2D eigenvalue weighted by molar-refractivity contribution is 9.10. The monoisotopic (exact) mass is 306 g/mol. The molecular weight excluding hydrogens is 288 g/mol. The van der Waals surface area contributed by atoms with E-state index in [1.807, 2.05) is 0 Å². The van der Waals surface area contributed by atoms with Gasteiger partial charge in [-0.3, -0.25) is 4.68 Å². The Morgan fingerprint density at radius 3 is 2.76 bits per heavy atom. The fraction of sp³-hybridized carbons (Fsp3) is 0.727. The van der Waals surface area contributed by atoms with E-state index in [-0.39, 0.29) is 0 Å². The van der Waals surface area contributed by atoms with Gasteiger partial charge in [0.15, 0.2) is 0 Å². The summed E-state index contributed by atoms with van der Waals surface area (Å²) in [6, 6.07) is 0. The average molecular weight is 307 g/mol. The molecular formula is C11H19BrN2O3. The fourth-order valence-corrected chi connectivity index (χ4v) is 2.18. The molecule has 6 heteroatoms. The van der Waals surface area contributed by atoms with Gasteiger partial charge in [0.05, 0.1) is 35.6 Å². The zero-order chi connectivity index (χ0) is 12.7. The van der Waals surface area contributed by atoms with Crippen molar-refractivity contribution in [3.8, 4) is 0 Å². The number of aliphatic hydroxyl groups excluding tert-OH is 1. The predicted molar refractivity (Wildman–Crippen MR) is 67.9 cm³/mol. The summed E-state index contributed by atoms with van der Waals surface area (Å²) >= 11 is 3.40. The maximum Gasteiger partial charge on any atom is 0.0969 e. The van der Waals surface area contributed by atoms with Crippen molar-refractivity contribution >= 4 is 15.9 Å². The van der Waals surface area contributed by atoms with Gasteiger partial charge in [0.25, 0.3) is 0 Å². The molecule has 1 aromatic rings. The van der Waals surface area contributed by atoms with Crippen LogP contribution in [0.4, 0.5) is 0 Å². The molecule has 17 heavy (non-hydrogen) atoms. The average Bonchev–Trinajstić information content (AvgIpc) is 2.68. The molecule has 0 aliphatic carbocycles. The van der Waals surface area contributed by atoms with E-state index < -0.39 is 6.10 Å². The van der Waals surface area contributed by atoms with E-state index in [1.165, 1.54) is 0 Å². The Kier molecular flexibility index (Phi) is 6.72. The normalized spacial score (nSPS) is 12.9. The van der Waals surface area contributed by atoms with Gasteiger partial charge < -0.3 is 14.6 Å². The number of methoxy groups -OCH3 is 2. The lowest BCUT2D eigenvalue weighted by Gasteiger charge is -2.13. The van der Waals surface area contributed by atoms with Gasteiger partial charge in [0.1, 0.15) is 0 Å². The van der Waals surface area contributed by atoms with Gasteiger partial charge in [-0.2, -0.15) is 5.10 Å². The van der Waals surface area contributed by atoms with Crippen molar-refractivity contribution in [2.24, 2.45) is 0 Å². The number of hydrogen-bond acceptors (Lipinski definition) is 4. The third kappa shape index (κ3) is 4.39. The summed E-state index contributed by atoms with van der Waals surface area (Å²) < 4.78 is 12.6. The molecule has 0 aliphatic rings. The van der Waals surface area contributed by atoms with Crippen LogP contribution in [0.15, 0.2) is 10.7 Å². The molecule has 1 unspecified atom stereocenters. The van der Waals surface area contributed by atoms with E-state index in [0.29, 0.717) is 26.2 Å². The Balaban J connectivity index is 2.63. The van der Waals surface area contributed by atoms with Crippen LogP contribution in [-0.2, 0) is 16.0 Å². The summed E-state index contributed by atoms with van der Waals surface area (Å²) in [5.74, 6) is 0. The minimum absolute atomic E-state index is 0.529. The molecule has 1 N–H and O–H groups in total. The molecule has 1 rings (SSSR count). The van der Waals surface area contributed by atoms with E-state index in [2.05, 4.69) is 21.0 Å². The van der Waals surface area contributed by atoms with Gasteiger partial charge in [0.2, 0.25) is 0 Å². The molecule has 5 nitrogen and oxygen atoms in total. The van der Waals surface area contributed by atoms with Gasteiger partial charge in [-0.25, -0.2) is 0 Å². The van der Waals surface area contributed by atoms with Crippen LogP contribution < -0.4 is 0 Å². The summed E-state index contributed by atoms with van der Waals surface area (Å²) in [5.41, 5.74) is 0.804. The number of aromatic nitrogens is 2. The van der Waals surface area contributed by atoms with Crippen LogP contribution >= 0.6 is 15.9 Å². The van der Waals surface area contributed by atoms with Gasteiger partial charge >= 0.3 is 0 Å². The van der Waals surface area contributed by atoms with Crippen molar-refractivity contribution in [1.29, 1.82) is 0 Å². The molecule has 0 radical (unpaired) electrons. The van der Waals surface area contributed by atoms with Crippen LogP contribution in [0.1, 0.15) is 24.6 Å². The van der Waals surface area contributed by atoms with Crippen molar-refractivity contribution in [2.75, 3.05) is 27.4 Å². The second-order valence-corrected chi connectivity index (χ2v) is 4.60. The SMILES string of the molecule is COCCCC(O)c1c(Br)cnn1CCOC. The van der Waals surface area contributed by atoms with Crippen molar-refractivity contribution < 1.29 is 14.6 Å². The third-order valence-electron chi connectivity index (χ3n) is 2.48. The Morgan fingerprint density at radius 1 is 1.41 bits per heavy atom. The molecule has 98 valence electrons. The number of nitrogens with zero attached hydrogens (tertiary/aromatic N) is 2. The Labute approximate surface area is 110 Å². The summed E-state index contributed by atoms with van der Waals surface area (Å²) in [6.07, 6.45) is 2.65. The van der Waals surface area contributed by atoms with E-state index in [4.69, 9.17) is 9.47 Å². The van der Waals surface area contributed by atoms with Crippen LogP contribution in [0.5, 0.6) is 0 Å². The highest BCUT2D eigenvalue weighted by Gasteiger charge is 2.17. The zero-order valence-electron chi connectivity index (χ0n) is 10.2. The summed E-state index contributed by atoms with van der Waals surface area (Å²) in [7, 11) is 3.30. The first-order valence-corrected chi connectivity index (χ1v) is 6.37. The van der Waals surface area contributed by atoms with Gasteiger partial charge in [0, 0.05) is 20.8 Å². The van der Waals surface area contributed by atoms with E-state index in [9.17, 15) is 5.11 Å². The smallest absolute Gasteiger partial charge is 0.0969 e. The minimum atomic E-state index is -0.529. The molecule has 0 spiro atoms. The Bertz CT molecular complexity index is 331. The van der Waals surface area contributed by atoms with Crippen LogP contribution in [0.25, 0.3) is 0 Å². The molecule has 1 atom stereocenters. The topological polar surface area (TPSA) is 56.5 Å². The first-order valence-electron chi connectivity index (χ1n) is 5.57. The molecule has 1 heterocycles. The van der Waals surface area contributed by atoms with Crippen molar-refractivity contribution in [2.45, 2.75) is 25.5 Å². The number of hydrogen-bond donors (Lipinski definition) is 1. The van der Waals surface area contributed by atoms with Gasteiger partial charge in [-0.05, 0) is 28.8 Å². The Morgan fingerprint density at radius 2 is 2.12 bits per heavy atom. The molecule has 0 bridgehead atoms. The molecule has 0 saturated carbocycles. The number of halogens is 1. The predicted octanol–water partition coefficient (Wildman–Crippen LogP) is 1.75. The highest BCUT2D eigenvalue weighted by Crippen LogP contribution is 2.26. The molecule has 0 fully saturated rings. The second-order valence-electron chi connectivity index (χ2n) is 3.74. The van der Waals surface area contributed by atoms with Crippen LogP contribution in [-0.4, -0.2) is 42.3 Å². The number of aliphatic hydroxyl groups is 1. The molecule has 0 saturated heterocycles. The largest absolute Gasteiger partial charge is 0.387 e. The lowest BCUT2D eigenvalue weighted by atomic mass is 10.1. The fourth-order valence-electron chi connectivity index (χ4n) is 1.62. The minimum Gasteiger partial charge on any atom is -0.387 e. The van der Waals surface area contributed by atoms with Crippen LogP contribution in [0.2, 0.25) is 0 Å². The first kappa shape index (κ1) is 14.6. The summed E-state index contributed by atoms with van der Waals surface area (Å²) in [4.78, 5) is 0. The standard InChI is InChI=1S/C11H19BrN2O3/c1-16-6-3-4-10(15)11-9(12)8-13-14(11)5-7-17-2/h8,10,15H,3-7H2,1-2H3. The third-order valence-corrected chi connectivity index (χ3v) is 3.09. The maximum atomic E-state index is 10.1. The Hall–Kier alpha value is -0.430. The molecule has 1 aromatic heterocycles. The zero-order valence-corrected chi connectivity index (χ0v) is 11.8. The van der Waals surface area contributed by atoms with Crippen molar-refractivity contribution in [3.63, 3.8) is 0 Å². The molecule has 0 aromatic carbocycles. The second kappa shape index (κ2) is 7.81. The van der Waals surface area contributed by atoms with Crippen LogP contribution in [0.3, 0.4) is 0 Å². The lowest BCUT2D eigenvalue weighted by Crippen LogP contribution is -2.13. The number of ether oxygens (including phenoxy) is 2. The summed E-state index contributed by atoms with van der Waals surface area (Å²) in [6.45, 7) is 1.87. The van der Waals surface area contributed by atoms with E-state index >= 15 is 0 Å². The van der Waals surface area contributed by atoms with Gasteiger partial charge in [-0.1, -0.05) is 0 Å². The van der Waals surface area contributed by atoms with Crippen LogP contribution in [0, 0.1) is 0 Å². The highest BCUT2D eigenvalue weighted by atomic mass is 79.9. The van der Waals surface area contributed by atoms with Crippen molar-refractivity contribution in [3.05, 3.63) is 16.4 Å². The lowest BCUT2D eigenvalue weighted by molar-refractivity contribution is 0.124. The van der Waals surface area contributed by atoms with E-state index in [0.717, 1.165) is 16.6 Å². The van der Waals surface area contributed by atoms with E-state index in [1.54, 1.807) is 25.1 Å². The van der Waals surface area contributed by atoms with Crippen molar-refractivity contribution in [1.82, 2.24) is 9.78 Å². The first-order chi connectivity index (χ1) is 8.20.